The Kier molecular flexibility index (Phi) is 16.9. The van der Waals surface area contributed by atoms with Gasteiger partial charge in [0.25, 0.3) is 0 Å². The zero-order valence-corrected chi connectivity index (χ0v) is 19.7. The van der Waals surface area contributed by atoms with Gasteiger partial charge in [0.1, 0.15) is 0 Å². The van der Waals surface area contributed by atoms with Gasteiger partial charge in [-0.1, -0.05) is 104 Å². The van der Waals surface area contributed by atoms with Gasteiger partial charge in [-0.05, 0) is 24.4 Å². The smallest absolute Gasteiger partial charge is 0.228 e. The van der Waals surface area contributed by atoms with Gasteiger partial charge in [0.15, 0.2) is 0 Å². The van der Waals surface area contributed by atoms with Gasteiger partial charge < -0.3 is 10.6 Å². The molecule has 0 saturated heterocycles. The fourth-order valence-corrected chi connectivity index (χ4v) is 3.59. The number of hydrogen-bond donors (Lipinski definition) is 2. The summed E-state index contributed by atoms with van der Waals surface area (Å²) in [6.45, 7) is 6.28. The summed E-state index contributed by atoms with van der Waals surface area (Å²) < 4.78 is 0. The monoisotopic (exact) mass is 425 g/mol. The minimum absolute atomic E-state index is 0.247. The molecule has 0 unspecified atom stereocenters. The van der Waals surface area contributed by atoms with Crippen LogP contribution in [-0.2, 0) is 0 Å². The lowest BCUT2D eigenvalue weighted by atomic mass is 10.1. The molecule has 0 spiro atoms. The predicted molar refractivity (Wildman–Crippen MR) is 127 cm³/mol. The Hall–Kier alpha value is -1.10. The Balaban J connectivity index is 2.09. The van der Waals surface area contributed by atoms with Gasteiger partial charge in [-0.2, -0.15) is 15.0 Å². The van der Waals surface area contributed by atoms with E-state index in [0.717, 1.165) is 25.9 Å². The standard InChI is InChI=1S/C23H44ClN5/c1-3-5-7-9-11-13-15-17-19-25-22-27-21(24)28-23(29-22)26-20-18-16-14-12-10-8-6-4-2/h3-20H2,1-2H3,(H2,25,26,27,28,29). The van der Waals surface area contributed by atoms with E-state index in [-0.39, 0.29) is 5.28 Å². The van der Waals surface area contributed by atoms with Gasteiger partial charge in [0.05, 0.1) is 0 Å². The fraction of sp³-hybridized carbons (Fsp3) is 0.870. The summed E-state index contributed by atoms with van der Waals surface area (Å²) in [4.78, 5) is 12.8. The molecule has 29 heavy (non-hydrogen) atoms. The zero-order valence-electron chi connectivity index (χ0n) is 18.9. The highest BCUT2D eigenvalue weighted by Gasteiger charge is 2.04. The molecular weight excluding hydrogens is 382 g/mol. The van der Waals surface area contributed by atoms with Crippen molar-refractivity contribution in [2.75, 3.05) is 23.7 Å². The number of unbranched alkanes of at least 4 members (excludes halogenated alkanes) is 14. The maximum atomic E-state index is 6.05. The van der Waals surface area contributed by atoms with Crippen molar-refractivity contribution in [2.24, 2.45) is 0 Å². The van der Waals surface area contributed by atoms with Crippen molar-refractivity contribution in [3.05, 3.63) is 5.28 Å². The second-order valence-electron chi connectivity index (χ2n) is 8.05. The summed E-state index contributed by atoms with van der Waals surface area (Å²) in [7, 11) is 0. The molecule has 168 valence electrons. The number of aromatic nitrogens is 3. The Morgan fingerprint density at radius 1 is 0.517 bits per heavy atom. The van der Waals surface area contributed by atoms with E-state index in [1.54, 1.807) is 0 Å². The SMILES string of the molecule is CCCCCCCCCCNc1nc(Cl)nc(NCCCCCCCCCC)n1. The van der Waals surface area contributed by atoms with Crippen molar-refractivity contribution in [1.82, 2.24) is 15.0 Å². The molecule has 0 atom stereocenters. The van der Waals surface area contributed by atoms with Crippen molar-refractivity contribution >= 4 is 23.5 Å². The first-order chi connectivity index (χ1) is 14.3. The topological polar surface area (TPSA) is 62.7 Å². The van der Waals surface area contributed by atoms with Gasteiger partial charge in [-0.15, -0.1) is 0 Å². The summed E-state index contributed by atoms with van der Waals surface area (Å²) in [6, 6.07) is 0. The molecule has 0 aliphatic rings. The molecule has 1 aromatic heterocycles. The van der Waals surface area contributed by atoms with Crippen LogP contribution in [0.2, 0.25) is 5.28 Å². The third-order valence-corrected chi connectivity index (χ3v) is 5.40. The van der Waals surface area contributed by atoms with E-state index in [2.05, 4.69) is 39.4 Å². The Morgan fingerprint density at radius 2 is 0.862 bits per heavy atom. The molecule has 1 heterocycles. The highest BCUT2D eigenvalue weighted by Crippen LogP contribution is 2.12. The first kappa shape index (κ1) is 25.9. The lowest BCUT2D eigenvalue weighted by molar-refractivity contribution is 0.580. The Labute approximate surface area is 184 Å². The van der Waals surface area contributed by atoms with Crippen molar-refractivity contribution in [1.29, 1.82) is 0 Å². The number of anilines is 2. The van der Waals surface area contributed by atoms with Crippen LogP contribution >= 0.6 is 11.6 Å². The molecular formula is C23H44ClN5. The second kappa shape index (κ2) is 18.9. The quantitative estimate of drug-likeness (QED) is 0.210. The van der Waals surface area contributed by atoms with Crippen LogP contribution in [0.15, 0.2) is 0 Å². The van der Waals surface area contributed by atoms with Crippen LogP contribution in [-0.4, -0.2) is 28.0 Å². The van der Waals surface area contributed by atoms with Crippen molar-refractivity contribution in [3.63, 3.8) is 0 Å². The summed E-state index contributed by atoms with van der Waals surface area (Å²) in [5, 5.41) is 6.82. The summed E-state index contributed by atoms with van der Waals surface area (Å²) >= 11 is 6.05. The van der Waals surface area contributed by atoms with Gasteiger partial charge in [-0.3, -0.25) is 0 Å². The van der Waals surface area contributed by atoms with Crippen LogP contribution in [0.4, 0.5) is 11.9 Å². The van der Waals surface area contributed by atoms with Gasteiger partial charge in [0.2, 0.25) is 17.2 Å². The molecule has 0 aromatic carbocycles. The van der Waals surface area contributed by atoms with Crippen LogP contribution in [0, 0.1) is 0 Å². The van der Waals surface area contributed by atoms with Crippen molar-refractivity contribution in [3.8, 4) is 0 Å². The molecule has 5 nitrogen and oxygen atoms in total. The molecule has 0 radical (unpaired) electrons. The second-order valence-corrected chi connectivity index (χ2v) is 8.39. The molecule has 2 N–H and O–H groups in total. The summed E-state index contributed by atoms with van der Waals surface area (Å²) in [5.41, 5.74) is 0. The average molecular weight is 426 g/mol. The van der Waals surface area contributed by atoms with Gasteiger partial charge >= 0.3 is 0 Å². The summed E-state index contributed by atoms with van der Waals surface area (Å²) in [6.07, 6.45) is 21.0. The van der Waals surface area contributed by atoms with E-state index >= 15 is 0 Å². The highest BCUT2D eigenvalue weighted by molar-refractivity contribution is 6.28. The maximum absolute atomic E-state index is 6.05. The average Bonchev–Trinajstić information content (AvgIpc) is 2.71. The summed E-state index contributed by atoms with van der Waals surface area (Å²) in [5.74, 6) is 1.15. The molecule has 6 heteroatoms. The Bertz CT molecular complexity index is 458. The number of nitrogens with zero attached hydrogens (tertiary/aromatic N) is 3. The lowest BCUT2D eigenvalue weighted by Gasteiger charge is -2.08. The van der Waals surface area contributed by atoms with Crippen LogP contribution in [0.25, 0.3) is 0 Å². The van der Waals surface area contributed by atoms with E-state index in [9.17, 15) is 0 Å². The predicted octanol–water partition coefficient (Wildman–Crippen LogP) is 7.63. The van der Waals surface area contributed by atoms with E-state index in [0.29, 0.717) is 11.9 Å². The number of halogens is 1. The molecule has 0 saturated carbocycles. The van der Waals surface area contributed by atoms with Gasteiger partial charge in [0, 0.05) is 13.1 Å². The molecule has 1 aromatic rings. The Morgan fingerprint density at radius 3 is 1.24 bits per heavy atom. The lowest BCUT2D eigenvalue weighted by Crippen LogP contribution is -2.11. The largest absolute Gasteiger partial charge is 0.354 e. The third-order valence-electron chi connectivity index (χ3n) is 5.24. The maximum Gasteiger partial charge on any atom is 0.228 e. The van der Waals surface area contributed by atoms with E-state index in [1.807, 2.05) is 0 Å². The number of rotatable bonds is 20. The highest BCUT2D eigenvalue weighted by atomic mass is 35.5. The van der Waals surface area contributed by atoms with Crippen molar-refractivity contribution < 1.29 is 0 Å². The number of nitrogens with one attached hydrogen (secondary N) is 2. The van der Waals surface area contributed by atoms with Crippen LogP contribution in [0.3, 0.4) is 0 Å². The molecule has 0 bridgehead atoms. The third kappa shape index (κ3) is 15.4. The molecule has 0 fully saturated rings. The number of hydrogen-bond acceptors (Lipinski definition) is 5. The van der Waals surface area contributed by atoms with E-state index < -0.39 is 0 Å². The van der Waals surface area contributed by atoms with Crippen LogP contribution < -0.4 is 10.6 Å². The minimum atomic E-state index is 0.247. The van der Waals surface area contributed by atoms with Gasteiger partial charge in [-0.25, -0.2) is 0 Å². The first-order valence-corrected chi connectivity index (χ1v) is 12.5. The molecule has 0 aliphatic carbocycles. The van der Waals surface area contributed by atoms with E-state index in [4.69, 9.17) is 11.6 Å². The molecule has 1 rings (SSSR count). The fourth-order valence-electron chi connectivity index (χ4n) is 3.43. The first-order valence-electron chi connectivity index (χ1n) is 12.2. The normalized spacial score (nSPS) is 11.0. The van der Waals surface area contributed by atoms with Crippen LogP contribution in [0.1, 0.15) is 117 Å². The molecule has 0 amide bonds. The minimum Gasteiger partial charge on any atom is -0.354 e. The van der Waals surface area contributed by atoms with Crippen molar-refractivity contribution in [2.45, 2.75) is 117 Å². The molecule has 0 aliphatic heterocycles. The zero-order chi connectivity index (χ0) is 21.0. The van der Waals surface area contributed by atoms with E-state index in [1.165, 1.54) is 89.9 Å². The van der Waals surface area contributed by atoms with Crippen LogP contribution in [0.5, 0.6) is 0 Å².